The smallest absolute Gasteiger partial charge is 0.326 e. The Bertz CT molecular complexity index is 1030. The summed E-state index contributed by atoms with van der Waals surface area (Å²) >= 11 is 0. The molecule has 204 valence electrons. The van der Waals surface area contributed by atoms with Gasteiger partial charge in [0.2, 0.25) is 11.8 Å². The van der Waals surface area contributed by atoms with Gasteiger partial charge in [-0.2, -0.15) is 0 Å². The minimum atomic E-state index is -1.20. The van der Waals surface area contributed by atoms with Crippen molar-refractivity contribution in [3.63, 3.8) is 0 Å². The van der Waals surface area contributed by atoms with Gasteiger partial charge < -0.3 is 37.3 Å². The largest absolute Gasteiger partial charge is 0.497 e. The molecular weight excluding hydrogens is 476 g/mol. The molecule has 0 aliphatic heterocycles. The second-order valence-electron chi connectivity index (χ2n) is 9.12. The number of fused-ring (bicyclic) bond motifs is 1. The minimum absolute atomic E-state index is 0.0176. The monoisotopic (exact) mass is 516 g/mol. The van der Waals surface area contributed by atoms with Crippen molar-refractivity contribution in [3.8, 4) is 5.75 Å². The molecule has 11 heteroatoms. The number of amides is 2. The molecule has 1 aromatic carbocycles. The molecule has 8 N–H and O–H groups in total. The third-order valence-corrected chi connectivity index (χ3v) is 6.03. The number of aliphatic carboxylic acids is 1. The van der Waals surface area contributed by atoms with Gasteiger partial charge in [-0.05, 0) is 57.7 Å². The number of carboxylic acids is 1. The molecule has 0 spiro atoms. The number of nitrogens with two attached hydrogens (primary N) is 2. The molecule has 2 amide bonds. The van der Waals surface area contributed by atoms with Crippen LogP contribution in [0.1, 0.15) is 51.9 Å². The van der Waals surface area contributed by atoms with Crippen molar-refractivity contribution >= 4 is 34.4 Å². The zero-order valence-corrected chi connectivity index (χ0v) is 21.7. The van der Waals surface area contributed by atoms with Gasteiger partial charge in [-0.1, -0.05) is 12.5 Å². The SMILES string of the molecule is COc1cc(NC(C)CCCNC(=O)CCC(NC(=O)[C@H](N)CCCCN)C(=O)O)c2ncccc2c1. The molecule has 0 bridgehead atoms. The molecule has 0 aliphatic carbocycles. The number of benzene rings is 1. The Morgan fingerprint density at radius 3 is 2.62 bits per heavy atom. The van der Waals surface area contributed by atoms with E-state index in [-0.39, 0.29) is 24.8 Å². The molecule has 0 radical (unpaired) electrons. The van der Waals surface area contributed by atoms with E-state index >= 15 is 0 Å². The van der Waals surface area contributed by atoms with Crippen LogP contribution in [0.3, 0.4) is 0 Å². The van der Waals surface area contributed by atoms with Crippen LogP contribution >= 0.6 is 0 Å². The van der Waals surface area contributed by atoms with Crippen LogP contribution in [-0.4, -0.2) is 66.2 Å². The lowest BCUT2D eigenvalue weighted by molar-refractivity contribution is -0.142. The average molecular weight is 517 g/mol. The lowest BCUT2D eigenvalue weighted by Gasteiger charge is -2.18. The van der Waals surface area contributed by atoms with E-state index in [0.29, 0.717) is 25.9 Å². The number of ether oxygens (including phenoxy) is 1. The quantitative estimate of drug-likeness (QED) is 0.171. The predicted molar refractivity (Wildman–Crippen MR) is 143 cm³/mol. The van der Waals surface area contributed by atoms with Crippen molar-refractivity contribution in [2.24, 2.45) is 11.5 Å². The van der Waals surface area contributed by atoms with Gasteiger partial charge in [-0.3, -0.25) is 14.6 Å². The van der Waals surface area contributed by atoms with E-state index in [1.54, 1.807) is 13.3 Å². The van der Waals surface area contributed by atoms with Crippen LogP contribution in [0.5, 0.6) is 5.75 Å². The lowest BCUT2D eigenvalue weighted by atomic mass is 10.1. The molecule has 3 atom stereocenters. The fourth-order valence-electron chi connectivity index (χ4n) is 3.91. The van der Waals surface area contributed by atoms with Crippen molar-refractivity contribution in [1.82, 2.24) is 15.6 Å². The predicted octanol–water partition coefficient (Wildman–Crippen LogP) is 1.75. The van der Waals surface area contributed by atoms with Gasteiger partial charge in [0.1, 0.15) is 11.8 Å². The molecule has 2 aromatic rings. The third-order valence-electron chi connectivity index (χ3n) is 6.03. The summed E-state index contributed by atoms with van der Waals surface area (Å²) in [5, 5.41) is 19.1. The number of carboxylic acid groups (broad SMARTS) is 1. The maximum atomic E-state index is 12.2. The van der Waals surface area contributed by atoms with E-state index < -0.39 is 24.0 Å². The van der Waals surface area contributed by atoms with Crippen molar-refractivity contribution in [3.05, 3.63) is 30.5 Å². The number of carbonyl (C=O) groups is 3. The fourth-order valence-corrected chi connectivity index (χ4v) is 3.91. The van der Waals surface area contributed by atoms with Crippen LogP contribution in [0, 0.1) is 0 Å². The summed E-state index contributed by atoms with van der Waals surface area (Å²) in [4.78, 5) is 40.4. The van der Waals surface area contributed by atoms with E-state index in [2.05, 4.69) is 27.9 Å². The number of hydrogen-bond acceptors (Lipinski definition) is 8. The van der Waals surface area contributed by atoms with Crippen molar-refractivity contribution in [2.45, 2.75) is 70.0 Å². The molecule has 37 heavy (non-hydrogen) atoms. The molecule has 2 unspecified atom stereocenters. The summed E-state index contributed by atoms with van der Waals surface area (Å²) in [7, 11) is 1.62. The van der Waals surface area contributed by atoms with Crippen LogP contribution in [0.2, 0.25) is 0 Å². The van der Waals surface area contributed by atoms with Gasteiger partial charge in [-0.15, -0.1) is 0 Å². The van der Waals surface area contributed by atoms with Crippen LogP contribution in [0.25, 0.3) is 10.9 Å². The number of carbonyl (C=O) groups excluding carboxylic acids is 2. The zero-order chi connectivity index (χ0) is 27.2. The first-order chi connectivity index (χ1) is 17.7. The van der Waals surface area contributed by atoms with E-state index in [1.807, 2.05) is 24.3 Å². The molecule has 1 aromatic heterocycles. The highest BCUT2D eigenvalue weighted by Gasteiger charge is 2.23. The number of rotatable bonds is 17. The summed E-state index contributed by atoms with van der Waals surface area (Å²) in [6.45, 7) is 3.02. The number of hydrogen-bond donors (Lipinski definition) is 6. The van der Waals surface area contributed by atoms with Gasteiger partial charge >= 0.3 is 5.97 Å². The third kappa shape index (κ3) is 10.2. The highest BCUT2D eigenvalue weighted by molar-refractivity contribution is 5.92. The number of nitrogens with one attached hydrogen (secondary N) is 3. The molecule has 2 rings (SSSR count). The second-order valence-corrected chi connectivity index (χ2v) is 9.12. The Balaban J connectivity index is 1.73. The number of aromatic nitrogens is 1. The summed E-state index contributed by atoms with van der Waals surface area (Å²) in [5.41, 5.74) is 13.0. The summed E-state index contributed by atoms with van der Waals surface area (Å²) in [6, 6.07) is 5.86. The number of unbranched alkanes of at least 4 members (excludes halogenated alkanes) is 1. The van der Waals surface area contributed by atoms with Crippen LogP contribution in [0.15, 0.2) is 30.5 Å². The first kappa shape index (κ1) is 29.8. The van der Waals surface area contributed by atoms with Gasteiger partial charge in [0, 0.05) is 36.7 Å². The number of pyridine rings is 1. The van der Waals surface area contributed by atoms with E-state index in [4.69, 9.17) is 16.2 Å². The molecule has 1 heterocycles. The molecule has 11 nitrogen and oxygen atoms in total. The van der Waals surface area contributed by atoms with Crippen LogP contribution in [-0.2, 0) is 14.4 Å². The number of anilines is 1. The maximum Gasteiger partial charge on any atom is 0.326 e. The van der Waals surface area contributed by atoms with Gasteiger partial charge in [0.25, 0.3) is 0 Å². The van der Waals surface area contributed by atoms with E-state index in [1.165, 1.54) is 0 Å². The number of nitrogens with zero attached hydrogens (tertiary/aromatic N) is 1. The zero-order valence-electron chi connectivity index (χ0n) is 21.7. The Labute approximate surface area is 217 Å². The summed E-state index contributed by atoms with van der Waals surface area (Å²) in [6.07, 6.45) is 5.09. The molecule has 0 saturated heterocycles. The van der Waals surface area contributed by atoms with Crippen LogP contribution < -0.4 is 32.2 Å². The first-order valence-electron chi connectivity index (χ1n) is 12.7. The topological polar surface area (TPSA) is 182 Å². The minimum Gasteiger partial charge on any atom is -0.497 e. The molecule has 0 aliphatic rings. The standard InChI is InChI=1S/C26H40N6O5/c1-17(31-22-16-19(37-2)15-18-8-6-14-30-24(18)22)7-5-13-29-23(33)11-10-21(26(35)36)32-25(34)20(28)9-3-4-12-27/h6,8,14-17,20-21,31H,3-5,7,9-13,27-28H2,1-2H3,(H,29,33)(H,32,34)(H,35,36)/t17?,20-,21?/m1/s1. The van der Waals surface area contributed by atoms with Crippen molar-refractivity contribution < 1.29 is 24.2 Å². The Morgan fingerprint density at radius 1 is 1.14 bits per heavy atom. The second kappa shape index (κ2) is 15.6. The molecule has 0 saturated carbocycles. The average Bonchev–Trinajstić information content (AvgIpc) is 2.88. The van der Waals surface area contributed by atoms with Crippen LogP contribution in [0.4, 0.5) is 5.69 Å². The fraction of sp³-hybridized carbons (Fsp3) is 0.538. The Hall–Kier alpha value is -3.44. The summed E-state index contributed by atoms with van der Waals surface area (Å²) in [5.74, 6) is -1.26. The highest BCUT2D eigenvalue weighted by atomic mass is 16.5. The first-order valence-corrected chi connectivity index (χ1v) is 12.7. The Kier molecular flexibility index (Phi) is 12.6. The highest BCUT2D eigenvalue weighted by Crippen LogP contribution is 2.28. The van der Waals surface area contributed by atoms with E-state index in [0.717, 1.165) is 41.6 Å². The maximum absolute atomic E-state index is 12.2. The Morgan fingerprint density at radius 2 is 1.92 bits per heavy atom. The summed E-state index contributed by atoms with van der Waals surface area (Å²) < 4.78 is 5.39. The molecular formula is C26H40N6O5. The normalized spacial score (nSPS) is 13.4. The lowest BCUT2D eigenvalue weighted by Crippen LogP contribution is -2.48. The van der Waals surface area contributed by atoms with Gasteiger partial charge in [0.05, 0.1) is 24.4 Å². The van der Waals surface area contributed by atoms with E-state index in [9.17, 15) is 19.5 Å². The van der Waals surface area contributed by atoms with Crippen molar-refractivity contribution in [2.75, 3.05) is 25.5 Å². The van der Waals surface area contributed by atoms with Gasteiger partial charge in [0.15, 0.2) is 0 Å². The molecule has 0 fully saturated rings. The van der Waals surface area contributed by atoms with Crippen molar-refractivity contribution in [1.29, 1.82) is 0 Å². The number of methoxy groups -OCH3 is 1. The van der Waals surface area contributed by atoms with Gasteiger partial charge in [-0.25, -0.2) is 4.79 Å².